The molecule has 0 bridgehead atoms. The van der Waals surface area contributed by atoms with Crippen molar-refractivity contribution >= 4 is 0 Å². The molecule has 2 heteroatoms. The molecule has 1 aliphatic rings. The van der Waals surface area contributed by atoms with Gasteiger partial charge in [0.2, 0.25) is 0 Å². The number of nitrogens with zero attached hydrogens (tertiary/aromatic N) is 1. The number of nitrogens with two attached hydrogens (primary N) is 1. The van der Waals surface area contributed by atoms with Gasteiger partial charge < -0.3 is 5.73 Å². The molecule has 1 fully saturated rings. The fourth-order valence-electron chi connectivity index (χ4n) is 2.95. The van der Waals surface area contributed by atoms with Crippen molar-refractivity contribution in [2.45, 2.75) is 39.7 Å². The minimum atomic E-state index is 0.611. The van der Waals surface area contributed by atoms with Crippen LogP contribution in [0.3, 0.4) is 0 Å². The lowest BCUT2D eigenvalue weighted by Crippen LogP contribution is -2.54. The van der Waals surface area contributed by atoms with Crippen LogP contribution in [0.5, 0.6) is 0 Å². The Morgan fingerprint density at radius 2 is 1.61 bits per heavy atom. The Labute approximate surface area is 111 Å². The average Bonchev–Trinajstić information content (AvgIpc) is 2.36. The highest BCUT2D eigenvalue weighted by atomic mass is 15.2. The second-order valence-corrected chi connectivity index (χ2v) is 5.71. The topological polar surface area (TPSA) is 29.3 Å². The van der Waals surface area contributed by atoms with Gasteiger partial charge in [0, 0.05) is 19.6 Å². The zero-order valence-corrected chi connectivity index (χ0v) is 11.8. The Morgan fingerprint density at radius 3 is 2.11 bits per heavy atom. The molecule has 1 saturated heterocycles. The first-order chi connectivity index (χ1) is 8.71. The van der Waals surface area contributed by atoms with Crippen LogP contribution in [0.1, 0.15) is 37.8 Å². The third-order valence-electron chi connectivity index (χ3n) is 4.48. The van der Waals surface area contributed by atoms with Gasteiger partial charge in [0.05, 0.1) is 0 Å². The number of likely N-dealkylation sites (tertiary alicyclic amines) is 1. The second-order valence-electron chi connectivity index (χ2n) is 5.71. The molecule has 0 saturated carbocycles. The molecular formula is C16H26N2. The van der Waals surface area contributed by atoms with Crippen molar-refractivity contribution in [3.8, 4) is 0 Å². The molecule has 2 nitrogen and oxygen atoms in total. The van der Waals surface area contributed by atoms with Gasteiger partial charge in [0.1, 0.15) is 0 Å². The van der Waals surface area contributed by atoms with Crippen LogP contribution in [0.25, 0.3) is 0 Å². The number of benzene rings is 1. The molecule has 0 aromatic heterocycles. The summed E-state index contributed by atoms with van der Waals surface area (Å²) in [5.41, 5.74) is 8.95. The summed E-state index contributed by atoms with van der Waals surface area (Å²) in [6.07, 6.45) is 3.61. The van der Waals surface area contributed by atoms with Crippen LogP contribution in [0.2, 0.25) is 0 Å². The first-order valence-corrected chi connectivity index (χ1v) is 7.21. The van der Waals surface area contributed by atoms with Crippen LogP contribution in [0, 0.1) is 5.41 Å². The fraction of sp³-hybridized carbons (Fsp3) is 0.625. The molecule has 0 unspecified atom stereocenters. The maximum atomic E-state index is 5.56. The number of hydrogen-bond acceptors (Lipinski definition) is 2. The largest absolute Gasteiger partial charge is 0.330 e. The predicted octanol–water partition coefficient (Wildman–Crippen LogP) is 2.81. The van der Waals surface area contributed by atoms with Gasteiger partial charge in [0.25, 0.3) is 0 Å². The summed E-state index contributed by atoms with van der Waals surface area (Å²) in [4.78, 5) is 2.56. The Bertz CT molecular complexity index is 357. The summed E-state index contributed by atoms with van der Waals surface area (Å²) >= 11 is 0. The third-order valence-corrected chi connectivity index (χ3v) is 4.48. The van der Waals surface area contributed by atoms with Crippen LogP contribution in [-0.2, 0) is 13.0 Å². The lowest BCUT2D eigenvalue weighted by atomic mass is 9.75. The summed E-state index contributed by atoms with van der Waals surface area (Å²) in [5.74, 6) is 0. The van der Waals surface area contributed by atoms with Crippen molar-refractivity contribution in [1.29, 1.82) is 0 Å². The van der Waals surface area contributed by atoms with Gasteiger partial charge in [-0.15, -0.1) is 0 Å². The smallest absolute Gasteiger partial charge is 0.0234 e. The van der Waals surface area contributed by atoms with Crippen molar-refractivity contribution in [2.75, 3.05) is 19.6 Å². The first kappa shape index (κ1) is 13.6. The van der Waals surface area contributed by atoms with Crippen LogP contribution in [0.4, 0.5) is 0 Å². The third kappa shape index (κ3) is 2.93. The molecule has 2 rings (SSSR count). The Morgan fingerprint density at radius 1 is 1.06 bits per heavy atom. The normalized spacial score (nSPS) is 18.6. The molecule has 2 N–H and O–H groups in total. The summed E-state index contributed by atoms with van der Waals surface area (Å²) in [6.45, 7) is 9.02. The van der Waals surface area contributed by atoms with Gasteiger partial charge in [-0.1, -0.05) is 38.1 Å². The Balaban J connectivity index is 1.84. The summed E-state index contributed by atoms with van der Waals surface area (Å²) in [7, 11) is 0. The quantitative estimate of drug-likeness (QED) is 0.836. The van der Waals surface area contributed by atoms with Crippen LogP contribution < -0.4 is 5.73 Å². The highest BCUT2D eigenvalue weighted by molar-refractivity contribution is 5.23. The molecule has 1 aromatic rings. The van der Waals surface area contributed by atoms with E-state index in [1.165, 1.54) is 37.1 Å². The fourth-order valence-corrected chi connectivity index (χ4v) is 2.95. The van der Waals surface area contributed by atoms with E-state index in [1.807, 2.05) is 0 Å². The lowest BCUT2D eigenvalue weighted by molar-refractivity contribution is -0.0120. The molecule has 0 amide bonds. The van der Waals surface area contributed by atoms with Crippen molar-refractivity contribution in [1.82, 2.24) is 4.90 Å². The second kappa shape index (κ2) is 5.85. The molecule has 0 spiro atoms. The minimum Gasteiger partial charge on any atom is -0.330 e. The lowest BCUT2D eigenvalue weighted by Gasteiger charge is -2.50. The molecule has 1 aliphatic heterocycles. The molecule has 1 heterocycles. The standard InChI is InChI=1S/C16H26N2/c1-3-16(4-2)12-18(13-16)11-15-7-5-14(6-8-15)9-10-17/h5-8H,3-4,9-13,17H2,1-2H3. The summed E-state index contributed by atoms with van der Waals surface area (Å²) in [6, 6.07) is 8.94. The van der Waals surface area contributed by atoms with E-state index in [-0.39, 0.29) is 0 Å². The zero-order valence-electron chi connectivity index (χ0n) is 11.8. The van der Waals surface area contributed by atoms with Crippen LogP contribution >= 0.6 is 0 Å². The van der Waals surface area contributed by atoms with Gasteiger partial charge in [-0.3, -0.25) is 4.90 Å². The number of hydrogen-bond donors (Lipinski definition) is 1. The highest BCUT2D eigenvalue weighted by Gasteiger charge is 2.39. The molecule has 0 aliphatic carbocycles. The maximum absolute atomic E-state index is 5.56. The maximum Gasteiger partial charge on any atom is 0.0234 e. The van der Waals surface area contributed by atoms with Crippen molar-refractivity contribution in [2.24, 2.45) is 11.1 Å². The first-order valence-electron chi connectivity index (χ1n) is 7.21. The van der Waals surface area contributed by atoms with Gasteiger partial charge in [0.15, 0.2) is 0 Å². The van der Waals surface area contributed by atoms with E-state index >= 15 is 0 Å². The van der Waals surface area contributed by atoms with E-state index in [1.54, 1.807) is 0 Å². The van der Waals surface area contributed by atoms with Crippen molar-refractivity contribution < 1.29 is 0 Å². The molecule has 100 valence electrons. The van der Waals surface area contributed by atoms with E-state index < -0.39 is 0 Å². The van der Waals surface area contributed by atoms with Crippen molar-refractivity contribution in [3.05, 3.63) is 35.4 Å². The summed E-state index contributed by atoms with van der Waals surface area (Å²) < 4.78 is 0. The van der Waals surface area contributed by atoms with Crippen molar-refractivity contribution in [3.63, 3.8) is 0 Å². The van der Waals surface area contributed by atoms with E-state index in [0.717, 1.165) is 19.5 Å². The van der Waals surface area contributed by atoms with E-state index in [0.29, 0.717) is 5.41 Å². The minimum absolute atomic E-state index is 0.611. The van der Waals surface area contributed by atoms with E-state index in [9.17, 15) is 0 Å². The Kier molecular flexibility index (Phi) is 4.41. The van der Waals surface area contributed by atoms with Gasteiger partial charge in [-0.05, 0) is 42.3 Å². The zero-order chi connectivity index (χ0) is 13.0. The van der Waals surface area contributed by atoms with Crippen LogP contribution in [-0.4, -0.2) is 24.5 Å². The highest BCUT2D eigenvalue weighted by Crippen LogP contribution is 2.37. The monoisotopic (exact) mass is 246 g/mol. The molecule has 0 radical (unpaired) electrons. The molecule has 1 aromatic carbocycles. The molecular weight excluding hydrogens is 220 g/mol. The summed E-state index contributed by atoms with van der Waals surface area (Å²) in [5, 5.41) is 0. The van der Waals surface area contributed by atoms with Gasteiger partial charge in [-0.25, -0.2) is 0 Å². The van der Waals surface area contributed by atoms with E-state index in [2.05, 4.69) is 43.0 Å². The number of rotatable bonds is 6. The Hall–Kier alpha value is -0.860. The van der Waals surface area contributed by atoms with Gasteiger partial charge in [-0.2, -0.15) is 0 Å². The molecule has 0 atom stereocenters. The SMILES string of the molecule is CCC1(CC)CN(Cc2ccc(CCN)cc2)C1. The van der Waals surface area contributed by atoms with Crippen LogP contribution in [0.15, 0.2) is 24.3 Å². The van der Waals surface area contributed by atoms with E-state index in [4.69, 9.17) is 5.73 Å². The average molecular weight is 246 g/mol. The predicted molar refractivity (Wildman–Crippen MR) is 77.5 cm³/mol. The molecule has 18 heavy (non-hydrogen) atoms. The van der Waals surface area contributed by atoms with Gasteiger partial charge >= 0.3 is 0 Å².